The van der Waals surface area contributed by atoms with Crippen LogP contribution in [0, 0.1) is 0 Å². The number of carbonyl (C=O) groups excluding carboxylic acids is 3. The second-order valence-electron chi connectivity index (χ2n) is 15.6. The topological polar surface area (TPSA) is 78.9 Å². The Morgan fingerprint density at radius 3 is 0.968 bits per heavy atom. The Bertz CT molecular complexity index is 1420. The standard InChI is InChI=1S/C57H88O6/c1-4-7-10-13-16-19-22-24-26-28-30-32-35-38-41-44-47-50-56(59)62-53-54(52-61-55(58)49-46-43-40-37-34-21-18-15-12-9-6-3)63-57(60)51-48-45-42-39-36-33-31-29-27-25-23-20-17-14-11-8-5-2/h7,9-10,12,16,18-19,21,24-27,30-33,37-42,54H,4-6,8,11,13-15,17,20,22-23,28-29,34-36,43-53H2,1-3H3/b10-7-,12-9-,19-16-,21-18-,26-24-,27-25-,32-30-,33-31-,40-37-,41-38-,42-39-. The Hall–Kier alpha value is -4.45. The fourth-order valence-corrected chi connectivity index (χ4v) is 5.99. The van der Waals surface area contributed by atoms with E-state index in [1.165, 1.54) is 44.9 Å². The Balaban J connectivity index is 4.62. The quantitative estimate of drug-likeness (QED) is 0.0263. The minimum Gasteiger partial charge on any atom is -0.462 e. The summed E-state index contributed by atoms with van der Waals surface area (Å²) in [7, 11) is 0. The number of unbranched alkanes of at least 4 members (excludes halogenated alkanes) is 9. The molecule has 0 heterocycles. The molecule has 1 atom stereocenters. The molecule has 63 heavy (non-hydrogen) atoms. The maximum Gasteiger partial charge on any atom is 0.306 e. The molecule has 0 amide bonds. The molecule has 0 radical (unpaired) electrons. The van der Waals surface area contributed by atoms with E-state index in [9.17, 15) is 14.4 Å². The van der Waals surface area contributed by atoms with E-state index in [0.29, 0.717) is 19.3 Å². The molecule has 0 aromatic rings. The molecule has 0 aliphatic carbocycles. The molecule has 0 aliphatic rings. The van der Waals surface area contributed by atoms with Crippen LogP contribution >= 0.6 is 0 Å². The number of ether oxygens (including phenoxy) is 3. The lowest BCUT2D eigenvalue weighted by molar-refractivity contribution is -0.166. The molecule has 6 heteroatoms. The second-order valence-corrected chi connectivity index (χ2v) is 15.6. The summed E-state index contributed by atoms with van der Waals surface area (Å²) in [6.07, 6.45) is 70.3. The van der Waals surface area contributed by atoms with Crippen LogP contribution in [0.2, 0.25) is 0 Å². The highest BCUT2D eigenvalue weighted by Crippen LogP contribution is 2.10. The van der Waals surface area contributed by atoms with Crippen LogP contribution < -0.4 is 0 Å². The zero-order valence-corrected chi connectivity index (χ0v) is 40.0. The third-order valence-electron chi connectivity index (χ3n) is 9.62. The van der Waals surface area contributed by atoms with Crippen LogP contribution in [0.3, 0.4) is 0 Å². The van der Waals surface area contributed by atoms with Crippen molar-refractivity contribution in [1.29, 1.82) is 0 Å². The number of hydrogen-bond acceptors (Lipinski definition) is 6. The predicted molar refractivity (Wildman–Crippen MR) is 269 cm³/mol. The lowest BCUT2D eigenvalue weighted by atomic mass is 10.1. The van der Waals surface area contributed by atoms with E-state index in [2.05, 4.69) is 154 Å². The van der Waals surface area contributed by atoms with Crippen LogP contribution in [0.15, 0.2) is 134 Å². The molecule has 0 aliphatic heterocycles. The molecule has 0 rings (SSSR count). The van der Waals surface area contributed by atoms with Gasteiger partial charge in [0, 0.05) is 19.3 Å². The summed E-state index contributed by atoms with van der Waals surface area (Å²) in [6, 6.07) is 0. The van der Waals surface area contributed by atoms with Crippen molar-refractivity contribution in [2.24, 2.45) is 0 Å². The first-order valence-electron chi connectivity index (χ1n) is 24.7. The van der Waals surface area contributed by atoms with E-state index < -0.39 is 12.1 Å². The van der Waals surface area contributed by atoms with Gasteiger partial charge in [-0.1, -0.05) is 187 Å². The van der Waals surface area contributed by atoms with Gasteiger partial charge in [0.25, 0.3) is 0 Å². The molecular formula is C57H88O6. The summed E-state index contributed by atoms with van der Waals surface area (Å²) in [5.74, 6) is -1.12. The normalized spacial score (nSPS) is 13.3. The smallest absolute Gasteiger partial charge is 0.306 e. The summed E-state index contributed by atoms with van der Waals surface area (Å²) < 4.78 is 16.6. The highest BCUT2D eigenvalue weighted by molar-refractivity contribution is 5.71. The third-order valence-corrected chi connectivity index (χ3v) is 9.62. The van der Waals surface area contributed by atoms with Crippen molar-refractivity contribution in [2.45, 2.75) is 194 Å². The maximum absolute atomic E-state index is 12.8. The summed E-state index contributed by atoms with van der Waals surface area (Å²) in [5.41, 5.74) is 0. The number of carbonyl (C=O) groups is 3. The van der Waals surface area contributed by atoms with Gasteiger partial charge in [0.2, 0.25) is 0 Å². The number of rotatable bonds is 42. The van der Waals surface area contributed by atoms with Gasteiger partial charge in [-0.3, -0.25) is 14.4 Å². The van der Waals surface area contributed by atoms with Crippen LogP contribution in [0.25, 0.3) is 0 Å². The molecule has 0 aromatic heterocycles. The van der Waals surface area contributed by atoms with E-state index in [1.54, 1.807) is 0 Å². The molecule has 0 fully saturated rings. The largest absolute Gasteiger partial charge is 0.462 e. The van der Waals surface area contributed by atoms with Crippen molar-refractivity contribution in [3.8, 4) is 0 Å². The van der Waals surface area contributed by atoms with Crippen LogP contribution in [-0.2, 0) is 28.6 Å². The molecular weight excluding hydrogens is 781 g/mol. The minimum absolute atomic E-state index is 0.147. The molecule has 6 nitrogen and oxygen atoms in total. The van der Waals surface area contributed by atoms with Crippen molar-refractivity contribution < 1.29 is 28.6 Å². The van der Waals surface area contributed by atoms with Crippen LogP contribution in [0.1, 0.15) is 188 Å². The predicted octanol–water partition coefficient (Wildman–Crippen LogP) is 16.3. The first-order chi connectivity index (χ1) is 31.0. The fraction of sp³-hybridized carbons (Fsp3) is 0.561. The maximum atomic E-state index is 12.8. The average molecular weight is 869 g/mol. The third kappa shape index (κ3) is 48.4. The van der Waals surface area contributed by atoms with E-state index in [4.69, 9.17) is 14.2 Å². The first-order valence-corrected chi connectivity index (χ1v) is 24.7. The van der Waals surface area contributed by atoms with Crippen molar-refractivity contribution in [3.63, 3.8) is 0 Å². The summed E-state index contributed by atoms with van der Waals surface area (Å²) in [6.45, 7) is 6.23. The zero-order valence-electron chi connectivity index (χ0n) is 40.0. The summed E-state index contributed by atoms with van der Waals surface area (Å²) in [5, 5.41) is 0. The highest BCUT2D eigenvalue weighted by Gasteiger charge is 2.19. The van der Waals surface area contributed by atoms with Crippen molar-refractivity contribution >= 4 is 17.9 Å². The van der Waals surface area contributed by atoms with E-state index >= 15 is 0 Å². The Labute approximate surface area is 385 Å². The highest BCUT2D eigenvalue weighted by atomic mass is 16.6. The summed E-state index contributed by atoms with van der Waals surface area (Å²) >= 11 is 0. The van der Waals surface area contributed by atoms with Gasteiger partial charge in [-0.25, -0.2) is 0 Å². The molecule has 0 spiro atoms. The van der Waals surface area contributed by atoms with E-state index in [1.807, 2.05) is 0 Å². The second kappa shape index (κ2) is 50.2. The summed E-state index contributed by atoms with van der Waals surface area (Å²) in [4.78, 5) is 37.8. The Morgan fingerprint density at radius 1 is 0.333 bits per heavy atom. The number of allylic oxidation sites excluding steroid dienone is 22. The van der Waals surface area contributed by atoms with Crippen molar-refractivity contribution in [1.82, 2.24) is 0 Å². The van der Waals surface area contributed by atoms with Crippen LogP contribution in [0.5, 0.6) is 0 Å². The first kappa shape index (κ1) is 58.6. The van der Waals surface area contributed by atoms with Crippen LogP contribution in [0.4, 0.5) is 0 Å². The fourth-order valence-electron chi connectivity index (χ4n) is 5.99. The number of hydrogen-bond donors (Lipinski definition) is 0. The molecule has 352 valence electrons. The lowest BCUT2D eigenvalue weighted by Gasteiger charge is -2.18. The van der Waals surface area contributed by atoms with Gasteiger partial charge in [0.15, 0.2) is 6.10 Å². The molecule has 0 N–H and O–H groups in total. The Morgan fingerprint density at radius 2 is 0.619 bits per heavy atom. The lowest BCUT2D eigenvalue weighted by Crippen LogP contribution is -2.30. The van der Waals surface area contributed by atoms with Gasteiger partial charge >= 0.3 is 17.9 Å². The zero-order chi connectivity index (χ0) is 45.8. The van der Waals surface area contributed by atoms with Gasteiger partial charge in [-0.15, -0.1) is 0 Å². The Kier molecular flexibility index (Phi) is 46.7. The van der Waals surface area contributed by atoms with Crippen molar-refractivity contribution in [3.05, 3.63) is 134 Å². The van der Waals surface area contributed by atoms with E-state index in [0.717, 1.165) is 83.5 Å². The molecule has 0 saturated heterocycles. The van der Waals surface area contributed by atoms with Gasteiger partial charge < -0.3 is 14.2 Å². The minimum atomic E-state index is -0.851. The van der Waals surface area contributed by atoms with Gasteiger partial charge in [-0.05, 0) is 116 Å². The molecule has 1 unspecified atom stereocenters. The van der Waals surface area contributed by atoms with Gasteiger partial charge in [0.1, 0.15) is 13.2 Å². The average Bonchev–Trinajstić information content (AvgIpc) is 3.28. The SMILES string of the molecule is CC/C=C\C/C=C\C/C=C\C/C=C\C/C=C\CCCC(=O)OCC(COC(=O)CCC/C=C\C/C=C\C/C=C\CC)OC(=O)CCC/C=C\C/C=C\C/C=C\CCCCCCCC. The molecule has 0 bridgehead atoms. The monoisotopic (exact) mass is 869 g/mol. The van der Waals surface area contributed by atoms with Crippen molar-refractivity contribution in [2.75, 3.05) is 13.2 Å². The number of esters is 3. The molecule has 0 saturated carbocycles. The van der Waals surface area contributed by atoms with Gasteiger partial charge in [0.05, 0.1) is 0 Å². The van der Waals surface area contributed by atoms with E-state index in [-0.39, 0.29) is 44.4 Å². The molecule has 0 aromatic carbocycles. The van der Waals surface area contributed by atoms with Gasteiger partial charge in [-0.2, -0.15) is 0 Å². The van der Waals surface area contributed by atoms with Crippen LogP contribution in [-0.4, -0.2) is 37.2 Å².